The second-order valence-electron chi connectivity index (χ2n) is 4.48. The molecule has 0 aliphatic heterocycles. The zero-order valence-electron chi connectivity index (χ0n) is 9.18. The van der Waals surface area contributed by atoms with Gasteiger partial charge in [0.1, 0.15) is 5.60 Å². The third kappa shape index (κ3) is 9.18. The number of ether oxygens (including phenoxy) is 1. The second-order valence-corrected chi connectivity index (χ2v) is 4.48. The van der Waals surface area contributed by atoms with Crippen LogP contribution in [0.3, 0.4) is 0 Å². The van der Waals surface area contributed by atoms with E-state index in [0.29, 0.717) is 5.92 Å². The van der Waals surface area contributed by atoms with Gasteiger partial charge in [-0.2, -0.15) is 0 Å². The molecule has 0 aromatic carbocycles. The lowest BCUT2D eigenvalue weighted by Crippen LogP contribution is -2.31. The normalized spacial score (nSPS) is 11.5. The predicted molar refractivity (Wildman–Crippen MR) is 53.1 cm³/mol. The standard InChI is InChI=1S/C10H20NO2/c1-8(2)6-7-11-9(12)13-10(3,4)5/h7-8H,6H2,1-5H3,(H,11,12). The topological polar surface area (TPSA) is 38.3 Å². The quantitative estimate of drug-likeness (QED) is 0.736. The Morgan fingerprint density at radius 1 is 1.46 bits per heavy atom. The molecule has 77 valence electrons. The van der Waals surface area contributed by atoms with Gasteiger partial charge < -0.3 is 10.1 Å². The summed E-state index contributed by atoms with van der Waals surface area (Å²) in [5.74, 6) is 0.551. The van der Waals surface area contributed by atoms with E-state index < -0.39 is 5.60 Å². The van der Waals surface area contributed by atoms with Crippen LogP contribution in [0.2, 0.25) is 0 Å². The van der Waals surface area contributed by atoms with Gasteiger partial charge in [-0.1, -0.05) is 13.8 Å². The minimum absolute atomic E-state index is 0.381. The lowest BCUT2D eigenvalue weighted by Gasteiger charge is -2.19. The fourth-order valence-corrected chi connectivity index (χ4v) is 0.686. The van der Waals surface area contributed by atoms with Crippen molar-refractivity contribution in [3.8, 4) is 0 Å². The van der Waals surface area contributed by atoms with E-state index in [-0.39, 0.29) is 6.09 Å². The smallest absolute Gasteiger partial charge is 0.407 e. The summed E-state index contributed by atoms with van der Waals surface area (Å²) in [5.41, 5.74) is -0.421. The summed E-state index contributed by atoms with van der Waals surface area (Å²) >= 11 is 0. The highest BCUT2D eigenvalue weighted by Gasteiger charge is 2.15. The summed E-state index contributed by atoms with van der Waals surface area (Å²) in [6, 6.07) is 0. The maximum atomic E-state index is 11.1. The number of nitrogens with one attached hydrogen (secondary N) is 1. The third-order valence-electron chi connectivity index (χ3n) is 1.21. The molecular weight excluding hydrogens is 166 g/mol. The van der Waals surface area contributed by atoms with Crippen LogP contribution in [0.15, 0.2) is 0 Å². The first-order valence-corrected chi connectivity index (χ1v) is 4.62. The van der Waals surface area contributed by atoms with Crippen molar-refractivity contribution in [2.75, 3.05) is 0 Å². The highest BCUT2D eigenvalue weighted by atomic mass is 16.6. The van der Waals surface area contributed by atoms with Crippen LogP contribution >= 0.6 is 0 Å². The molecule has 13 heavy (non-hydrogen) atoms. The highest BCUT2D eigenvalue weighted by molar-refractivity contribution is 5.68. The van der Waals surface area contributed by atoms with Crippen LogP contribution in [0, 0.1) is 12.5 Å². The van der Waals surface area contributed by atoms with Gasteiger partial charge in [-0.15, -0.1) is 0 Å². The summed E-state index contributed by atoms with van der Waals surface area (Å²) in [7, 11) is 0. The minimum atomic E-state index is -0.421. The molecule has 0 bridgehead atoms. The molecule has 0 unspecified atom stereocenters. The van der Waals surface area contributed by atoms with Crippen LogP contribution in [0.1, 0.15) is 41.0 Å². The molecule has 0 heterocycles. The number of carbonyl (C=O) groups excluding carboxylic acids is 1. The third-order valence-corrected chi connectivity index (χ3v) is 1.21. The zero-order chi connectivity index (χ0) is 10.5. The van der Waals surface area contributed by atoms with Crippen molar-refractivity contribution in [3.05, 3.63) is 6.54 Å². The Labute approximate surface area is 80.8 Å². The SMILES string of the molecule is CC(C)C[CH]NC(=O)OC(C)(C)C. The van der Waals surface area contributed by atoms with Gasteiger partial charge >= 0.3 is 6.09 Å². The molecule has 1 N–H and O–H groups in total. The van der Waals surface area contributed by atoms with Crippen LogP contribution in [0.25, 0.3) is 0 Å². The summed E-state index contributed by atoms with van der Waals surface area (Å²) in [6.45, 7) is 11.4. The van der Waals surface area contributed by atoms with Crippen LogP contribution in [0.4, 0.5) is 4.79 Å². The molecule has 0 aliphatic rings. The van der Waals surface area contributed by atoms with Crippen LogP contribution in [0.5, 0.6) is 0 Å². The van der Waals surface area contributed by atoms with E-state index in [1.165, 1.54) is 0 Å². The van der Waals surface area contributed by atoms with E-state index in [4.69, 9.17) is 4.74 Å². The van der Waals surface area contributed by atoms with E-state index in [9.17, 15) is 4.79 Å². The Morgan fingerprint density at radius 2 is 2.00 bits per heavy atom. The van der Waals surface area contributed by atoms with Crippen molar-refractivity contribution in [2.45, 2.75) is 46.6 Å². The molecular formula is C10H20NO2. The lowest BCUT2D eigenvalue weighted by atomic mass is 10.1. The zero-order valence-corrected chi connectivity index (χ0v) is 9.18. The van der Waals surface area contributed by atoms with E-state index in [2.05, 4.69) is 19.2 Å². The Balaban J connectivity index is 3.53. The van der Waals surface area contributed by atoms with Gasteiger partial charge in [0.05, 0.1) is 6.54 Å². The summed E-state index contributed by atoms with van der Waals surface area (Å²) in [4.78, 5) is 11.1. The Bertz CT molecular complexity index is 159. The average molecular weight is 186 g/mol. The molecule has 1 amide bonds. The van der Waals surface area contributed by atoms with Crippen molar-refractivity contribution >= 4 is 6.09 Å². The molecule has 0 saturated heterocycles. The van der Waals surface area contributed by atoms with Crippen molar-refractivity contribution in [1.82, 2.24) is 5.32 Å². The maximum Gasteiger partial charge on any atom is 0.407 e. The van der Waals surface area contributed by atoms with Crippen molar-refractivity contribution in [3.63, 3.8) is 0 Å². The van der Waals surface area contributed by atoms with Crippen LogP contribution < -0.4 is 5.32 Å². The van der Waals surface area contributed by atoms with Gasteiger partial charge in [0.15, 0.2) is 0 Å². The van der Waals surface area contributed by atoms with E-state index in [1.807, 2.05) is 20.8 Å². The predicted octanol–water partition coefficient (Wildman–Crippen LogP) is 2.72. The number of hydrogen-bond donors (Lipinski definition) is 1. The van der Waals surface area contributed by atoms with Gasteiger partial charge in [-0.3, -0.25) is 0 Å². The first-order chi connectivity index (χ1) is 5.81. The van der Waals surface area contributed by atoms with E-state index in [0.717, 1.165) is 6.42 Å². The van der Waals surface area contributed by atoms with Crippen LogP contribution in [-0.4, -0.2) is 11.7 Å². The maximum absolute atomic E-state index is 11.1. The number of alkyl carbamates (subject to hydrolysis) is 1. The monoisotopic (exact) mass is 186 g/mol. The fourth-order valence-electron chi connectivity index (χ4n) is 0.686. The van der Waals surface area contributed by atoms with Crippen molar-refractivity contribution in [2.24, 2.45) is 5.92 Å². The van der Waals surface area contributed by atoms with Gasteiger partial charge in [-0.25, -0.2) is 4.79 Å². The number of carbonyl (C=O) groups is 1. The number of rotatable bonds is 3. The molecule has 0 rings (SSSR count). The molecule has 0 aliphatic carbocycles. The molecule has 0 spiro atoms. The molecule has 0 fully saturated rings. The summed E-state index contributed by atoms with van der Waals surface area (Å²) in [5, 5.41) is 2.58. The molecule has 3 nitrogen and oxygen atoms in total. The van der Waals surface area contributed by atoms with E-state index >= 15 is 0 Å². The van der Waals surface area contributed by atoms with Gasteiger partial charge in [0, 0.05) is 0 Å². The summed E-state index contributed by atoms with van der Waals surface area (Å²) < 4.78 is 5.04. The molecule has 1 radical (unpaired) electrons. The molecule has 0 aromatic heterocycles. The Morgan fingerprint density at radius 3 is 2.38 bits per heavy atom. The first-order valence-electron chi connectivity index (χ1n) is 4.62. The van der Waals surface area contributed by atoms with Gasteiger partial charge in [0.25, 0.3) is 0 Å². The van der Waals surface area contributed by atoms with Crippen molar-refractivity contribution in [1.29, 1.82) is 0 Å². The molecule has 0 aromatic rings. The second kappa shape index (κ2) is 5.10. The molecule has 3 heteroatoms. The highest BCUT2D eigenvalue weighted by Crippen LogP contribution is 2.07. The minimum Gasteiger partial charge on any atom is -0.444 e. The first kappa shape index (κ1) is 12.3. The average Bonchev–Trinajstić information content (AvgIpc) is 1.81. The van der Waals surface area contributed by atoms with Crippen LogP contribution in [-0.2, 0) is 4.74 Å². The fraction of sp³-hybridized carbons (Fsp3) is 0.800. The van der Waals surface area contributed by atoms with Gasteiger partial charge in [0.2, 0.25) is 0 Å². The lowest BCUT2D eigenvalue weighted by molar-refractivity contribution is 0.0541. The Hall–Kier alpha value is -0.730. The number of hydrogen-bond acceptors (Lipinski definition) is 2. The molecule has 0 saturated carbocycles. The van der Waals surface area contributed by atoms with E-state index in [1.54, 1.807) is 6.54 Å². The number of amides is 1. The molecule has 0 atom stereocenters. The summed E-state index contributed by atoms with van der Waals surface area (Å²) in [6.07, 6.45) is 0.479. The van der Waals surface area contributed by atoms with Crippen molar-refractivity contribution < 1.29 is 9.53 Å². The Kier molecular flexibility index (Phi) is 4.81. The van der Waals surface area contributed by atoms with Gasteiger partial charge in [-0.05, 0) is 33.1 Å². The largest absolute Gasteiger partial charge is 0.444 e.